The van der Waals surface area contributed by atoms with E-state index in [0.29, 0.717) is 18.5 Å². The number of hydrogen-bond acceptors (Lipinski definition) is 4. The first-order chi connectivity index (χ1) is 12.1. The van der Waals surface area contributed by atoms with E-state index in [1.165, 1.54) is 38.8 Å². The van der Waals surface area contributed by atoms with Crippen LogP contribution in [-0.2, 0) is 13.6 Å². The van der Waals surface area contributed by atoms with Gasteiger partial charge in [0.25, 0.3) is 0 Å². The fourth-order valence-corrected chi connectivity index (χ4v) is 3.37. The van der Waals surface area contributed by atoms with Crippen LogP contribution in [0.3, 0.4) is 0 Å². The minimum Gasteiger partial charge on any atom is -0.357 e. The average molecular weight is 350 g/mol. The predicted molar refractivity (Wildman–Crippen MR) is 102 cm³/mol. The van der Waals surface area contributed by atoms with Crippen molar-refractivity contribution in [2.45, 2.75) is 59.0 Å². The smallest absolute Gasteiger partial charge is 0.191 e. The quantitative estimate of drug-likeness (QED) is 0.580. The molecule has 2 rings (SSSR count). The first-order valence-corrected chi connectivity index (χ1v) is 9.71. The van der Waals surface area contributed by atoms with Crippen molar-refractivity contribution < 1.29 is 0 Å². The van der Waals surface area contributed by atoms with Gasteiger partial charge in [-0.05, 0) is 38.8 Å². The summed E-state index contributed by atoms with van der Waals surface area (Å²) in [7, 11) is 1.90. The molecule has 1 aromatic rings. The van der Waals surface area contributed by atoms with Crippen LogP contribution < -0.4 is 10.6 Å². The molecule has 25 heavy (non-hydrogen) atoms. The first-order valence-electron chi connectivity index (χ1n) is 9.71. The molecule has 1 unspecified atom stereocenters. The molecule has 0 radical (unpaired) electrons. The molecule has 0 aromatic carbocycles. The number of guanidine groups is 1. The summed E-state index contributed by atoms with van der Waals surface area (Å²) >= 11 is 0. The SMILES string of the molecule is CCNC(=NCc1ncnn1C)NCC(C(C)C)N1CCCCCC1. The molecule has 142 valence electrons. The molecule has 7 heteroatoms. The van der Waals surface area contributed by atoms with E-state index in [4.69, 9.17) is 0 Å². The van der Waals surface area contributed by atoms with Crippen LogP contribution in [0.4, 0.5) is 0 Å². The largest absolute Gasteiger partial charge is 0.357 e. The van der Waals surface area contributed by atoms with E-state index < -0.39 is 0 Å². The number of aryl methyl sites for hydroxylation is 1. The van der Waals surface area contributed by atoms with E-state index in [9.17, 15) is 0 Å². The molecule has 1 saturated heterocycles. The van der Waals surface area contributed by atoms with Crippen molar-refractivity contribution in [3.8, 4) is 0 Å². The summed E-state index contributed by atoms with van der Waals surface area (Å²) in [6, 6.07) is 0.539. The topological polar surface area (TPSA) is 70.4 Å². The maximum Gasteiger partial charge on any atom is 0.191 e. The molecule has 2 heterocycles. The number of aliphatic imine (C=N–C) groups is 1. The minimum atomic E-state index is 0.530. The minimum absolute atomic E-state index is 0.530. The van der Waals surface area contributed by atoms with Crippen LogP contribution >= 0.6 is 0 Å². The molecular weight excluding hydrogens is 314 g/mol. The van der Waals surface area contributed by atoms with Gasteiger partial charge in [-0.3, -0.25) is 9.58 Å². The third-order valence-corrected chi connectivity index (χ3v) is 4.89. The van der Waals surface area contributed by atoms with Crippen molar-refractivity contribution in [2.75, 3.05) is 26.2 Å². The van der Waals surface area contributed by atoms with Gasteiger partial charge in [-0.15, -0.1) is 0 Å². The lowest BCUT2D eigenvalue weighted by Crippen LogP contribution is -2.49. The Morgan fingerprint density at radius 2 is 1.92 bits per heavy atom. The number of hydrogen-bond donors (Lipinski definition) is 2. The highest BCUT2D eigenvalue weighted by atomic mass is 15.3. The molecule has 0 amide bonds. The second-order valence-electron chi connectivity index (χ2n) is 7.14. The molecule has 0 bridgehead atoms. The lowest BCUT2D eigenvalue weighted by atomic mass is 10.0. The van der Waals surface area contributed by atoms with E-state index in [-0.39, 0.29) is 0 Å². The Hall–Kier alpha value is -1.63. The molecule has 0 spiro atoms. The molecule has 1 aliphatic heterocycles. The molecule has 1 atom stereocenters. The Balaban J connectivity index is 1.95. The zero-order chi connectivity index (χ0) is 18.1. The van der Waals surface area contributed by atoms with Crippen LogP contribution in [0, 0.1) is 5.92 Å². The van der Waals surface area contributed by atoms with E-state index in [2.05, 4.69) is 51.4 Å². The summed E-state index contributed by atoms with van der Waals surface area (Å²) < 4.78 is 1.77. The summed E-state index contributed by atoms with van der Waals surface area (Å²) in [5, 5.41) is 11.0. The van der Waals surface area contributed by atoms with Gasteiger partial charge in [0.2, 0.25) is 0 Å². The fourth-order valence-electron chi connectivity index (χ4n) is 3.37. The van der Waals surface area contributed by atoms with Gasteiger partial charge in [0, 0.05) is 26.2 Å². The lowest BCUT2D eigenvalue weighted by Gasteiger charge is -2.34. The molecule has 1 aliphatic rings. The summed E-state index contributed by atoms with van der Waals surface area (Å²) in [6.45, 7) is 11.5. The monoisotopic (exact) mass is 349 g/mol. The van der Waals surface area contributed by atoms with Crippen LogP contribution in [-0.4, -0.2) is 57.8 Å². The van der Waals surface area contributed by atoms with Gasteiger partial charge in [0.15, 0.2) is 5.96 Å². The summed E-state index contributed by atoms with van der Waals surface area (Å²) in [5.41, 5.74) is 0. The van der Waals surface area contributed by atoms with Crippen molar-refractivity contribution in [3.63, 3.8) is 0 Å². The van der Waals surface area contributed by atoms with Crippen LogP contribution in [0.15, 0.2) is 11.3 Å². The third kappa shape index (κ3) is 6.30. The number of rotatable bonds is 7. The standard InChI is InChI=1S/C18H35N7/c1-5-19-18(21-13-17-22-14-23-24(17)4)20-12-16(15(2)3)25-10-8-6-7-9-11-25/h14-16H,5-13H2,1-4H3,(H2,19,20,21). The summed E-state index contributed by atoms with van der Waals surface area (Å²) in [5.74, 6) is 2.34. The van der Waals surface area contributed by atoms with E-state index in [0.717, 1.165) is 24.9 Å². The number of nitrogens with one attached hydrogen (secondary N) is 2. The van der Waals surface area contributed by atoms with Gasteiger partial charge < -0.3 is 10.6 Å². The molecular formula is C18H35N7. The second-order valence-corrected chi connectivity index (χ2v) is 7.14. The molecule has 0 aliphatic carbocycles. The number of likely N-dealkylation sites (tertiary alicyclic amines) is 1. The maximum atomic E-state index is 4.66. The predicted octanol–water partition coefficient (Wildman–Crippen LogP) is 1.77. The van der Waals surface area contributed by atoms with Crippen LogP contribution in [0.1, 0.15) is 52.3 Å². The average Bonchev–Trinajstić information content (AvgIpc) is 2.83. The molecule has 1 aromatic heterocycles. The highest BCUT2D eigenvalue weighted by Crippen LogP contribution is 2.17. The van der Waals surface area contributed by atoms with Crippen molar-refractivity contribution in [1.82, 2.24) is 30.3 Å². The molecule has 7 nitrogen and oxygen atoms in total. The normalized spacial score (nSPS) is 18.2. The lowest BCUT2D eigenvalue weighted by molar-refractivity contribution is 0.161. The molecule has 2 N–H and O–H groups in total. The van der Waals surface area contributed by atoms with E-state index in [1.807, 2.05) is 7.05 Å². The number of aromatic nitrogens is 3. The maximum absolute atomic E-state index is 4.66. The van der Waals surface area contributed by atoms with Crippen LogP contribution in [0.2, 0.25) is 0 Å². The fraction of sp³-hybridized carbons (Fsp3) is 0.833. The van der Waals surface area contributed by atoms with Crippen LogP contribution in [0.5, 0.6) is 0 Å². The van der Waals surface area contributed by atoms with Gasteiger partial charge in [-0.2, -0.15) is 5.10 Å². The van der Waals surface area contributed by atoms with Gasteiger partial charge >= 0.3 is 0 Å². The molecule has 1 fully saturated rings. The van der Waals surface area contributed by atoms with E-state index in [1.54, 1.807) is 11.0 Å². The Bertz CT molecular complexity index is 515. The van der Waals surface area contributed by atoms with Crippen molar-refractivity contribution in [3.05, 3.63) is 12.2 Å². The Morgan fingerprint density at radius 3 is 2.48 bits per heavy atom. The second kappa shape index (κ2) is 10.4. The zero-order valence-electron chi connectivity index (χ0n) is 16.3. The number of nitrogens with zero attached hydrogens (tertiary/aromatic N) is 5. The summed E-state index contributed by atoms with van der Waals surface area (Å²) in [4.78, 5) is 11.6. The first kappa shape index (κ1) is 19.7. The van der Waals surface area contributed by atoms with Gasteiger partial charge in [-0.1, -0.05) is 26.7 Å². The van der Waals surface area contributed by atoms with Crippen molar-refractivity contribution >= 4 is 5.96 Å². The van der Waals surface area contributed by atoms with Crippen molar-refractivity contribution in [2.24, 2.45) is 18.0 Å². The zero-order valence-corrected chi connectivity index (χ0v) is 16.3. The van der Waals surface area contributed by atoms with Crippen molar-refractivity contribution in [1.29, 1.82) is 0 Å². The Kier molecular flexibility index (Phi) is 8.18. The van der Waals surface area contributed by atoms with Gasteiger partial charge in [-0.25, -0.2) is 9.98 Å². The molecule has 0 saturated carbocycles. The van der Waals surface area contributed by atoms with Crippen LogP contribution in [0.25, 0.3) is 0 Å². The Morgan fingerprint density at radius 1 is 1.20 bits per heavy atom. The van der Waals surface area contributed by atoms with Gasteiger partial charge in [0.05, 0.1) is 0 Å². The Labute approximate surface area is 152 Å². The van der Waals surface area contributed by atoms with Gasteiger partial charge in [0.1, 0.15) is 18.7 Å². The summed E-state index contributed by atoms with van der Waals surface area (Å²) in [6.07, 6.45) is 6.96. The highest BCUT2D eigenvalue weighted by Gasteiger charge is 2.22. The van der Waals surface area contributed by atoms with E-state index >= 15 is 0 Å². The third-order valence-electron chi connectivity index (χ3n) is 4.89. The highest BCUT2D eigenvalue weighted by molar-refractivity contribution is 5.79.